The summed E-state index contributed by atoms with van der Waals surface area (Å²) in [5, 5.41) is 1.38. The van der Waals surface area contributed by atoms with Crippen molar-refractivity contribution in [3.8, 4) is 0 Å². The van der Waals surface area contributed by atoms with Crippen molar-refractivity contribution in [2.24, 2.45) is 11.3 Å². The predicted molar refractivity (Wildman–Crippen MR) is 115 cm³/mol. The SMILES string of the molecule is COC(=O)C(C/C=C\C[Si](C)(C)c1ccccc1)(C(=O)OC)C1C=CC=CC1. The molecule has 0 N–H and O–H groups in total. The van der Waals surface area contributed by atoms with E-state index in [0.29, 0.717) is 6.42 Å². The summed E-state index contributed by atoms with van der Waals surface area (Å²) in [5.41, 5.74) is -1.36. The topological polar surface area (TPSA) is 52.6 Å². The van der Waals surface area contributed by atoms with Gasteiger partial charge in [-0.2, -0.15) is 0 Å². The quantitative estimate of drug-likeness (QED) is 0.287. The van der Waals surface area contributed by atoms with Crippen molar-refractivity contribution in [2.45, 2.75) is 32.0 Å². The largest absolute Gasteiger partial charge is 0.468 e. The molecule has 1 aliphatic rings. The Morgan fingerprint density at radius 3 is 2.25 bits per heavy atom. The zero-order valence-electron chi connectivity index (χ0n) is 17.2. The second-order valence-electron chi connectivity index (χ2n) is 7.74. The Morgan fingerprint density at radius 2 is 1.71 bits per heavy atom. The summed E-state index contributed by atoms with van der Waals surface area (Å²) in [7, 11) is 1.00. The van der Waals surface area contributed by atoms with Crippen LogP contribution in [-0.4, -0.2) is 34.2 Å². The summed E-state index contributed by atoms with van der Waals surface area (Å²) < 4.78 is 10.1. The van der Waals surface area contributed by atoms with E-state index in [4.69, 9.17) is 9.47 Å². The van der Waals surface area contributed by atoms with Gasteiger partial charge in [0.05, 0.1) is 22.3 Å². The minimum Gasteiger partial charge on any atom is -0.468 e. The van der Waals surface area contributed by atoms with Gasteiger partial charge in [0.2, 0.25) is 0 Å². The van der Waals surface area contributed by atoms with Crippen molar-refractivity contribution >= 4 is 25.2 Å². The third kappa shape index (κ3) is 4.71. The third-order valence-electron chi connectivity index (χ3n) is 5.50. The molecule has 150 valence electrons. The Kier molecular flexibility index (Phi) is 7.58. The van der Waals surface area contributed by atoms with Gasteiger partial charge in [-0.05, 0) is 18.9 Å². The normalized spacial score (nSPS) is 16.9. The lowest BCUT2D eigenvalue weighted by Crippen LogP contribution is -2.46. The predicted octanol–water partition coefficient (Wildman–Crippen LogP) is 4.01. The first kappa shape index (κ1) is 21.9. The van der Waals surface area contributed by atoms with Gasteiger partial charge >= 0.3 is 11.9 Å². The number of benzene rings is 1. The van der Waals surface area contributed by atoms with E-state index >= 15 is 0 Å². The van der Waals surface area contributed by atoms with Crippen LogP contribution in [0.25, 0.3) is 0 Å². The number of carbonyl (C=O) groups is 2. The maximum Gasteiger partial charge on any atom is 0.324 e. The van der Waals surface area contributed by atoms with Gasteiger partial charge in [0.25, 0.3) is 0 Å². The van der Waals surface area contributed by atoms with Crippen LogP contribution in [0.4, 0.5) is 0 Å². The highest BCUT2D eigenvalue weighted by Gasteiger charge is 2.52. The molecule has 0 fully saturated rings. The van der Waals surface area contributed by atoms with Gasteiger partial charge in [-0.1, -0.05) is 85.1 Å². The van der Waals surface area contributed by atoms with Crippen LogP contribution in [0, 0.1) is 11.3 Å². The summed E-state index contributed by atoms with van der Waals surface area (Å²) in [5.74, 6) is -1.39. The first-order chi connectivity index (χ1) is 13.4. The van der Waals surface area contributed by atoms with Gasteiger partial charge in [-0.25, -0.2) is 0 Å². The number of esters is 2. The van der Waals surface area contributed by atoms with Crippen LogP contribution in [0.2, 0.25) is 19.1 Å². The molecule has 0 aromatic heterocycles. The summed E-state index contributed by atoms with van der Waals surface area (Å²) in [4.78, 5) is 25.5. The summed E-state index contributed by atoms with van der Waals surface area (Å²) in [6.07, 6.45) is 12.5. The monoisotopic (exact) mass is 398 g/mol. The second-order valence-corrected chi connectivity index (χ2v) is 12.5. The van der Waals surface area contributed by atoms with Gasteiger partial charge in [-0.3, -0.25) is 9.59 Å². The summed E-state index contributed by atoms with van der Waals surface area (Å²) in [6, 6.07) is 11.4. The lowest BCUT2D eigenvalue weighted by atomic mass is 9.70. The van der Waals surface area contributed by atoms with Crippen LogP contribution >= 0.6 is 0 Å². The Labute approximate surface area is 168 Å². The number of ether oxygens (including phenoxy) is 2. The molecule has 1 unspecified atom stereocenters. The van der Waals surface area contributed by atoms with Crippen LogP contribution in [0.5, 0.6) is 0 Å². The minimum absolute atomic E-state index is 0.258. The van der Waals surface area contributed by atoms with E-state index in [0.717, 1.165) is 6.04 Å². The molecule has 1 aromatic rings. The first-order valence-electron chi connectivity index (χ1n) is 9.59. The van der Waals surface area contributed by atoms with Crippen LogP contribution in [0.15, 0.2) is 66.8 Å². The fourth-order valence-corrected chi connectivity index (χ4v) is 5.76. The first-order valence-corrected chi connectivity index (χ1v) is 12.8. The van der Waals surface area contributed by atoms with E-state index in [1.165, 1.54) is 19.4 Å². The Hall–Kier alpha value is -2.40. The van der Waals surface area contributed by atoms with Crippen LogP contribution in [0.3, 0.4) is 0 Å². The van der Waals surface area contributed by atoms with Gasteiger partial charge < -0.3 is 9.47 Å². The molecule has 28 heavy (non-hydrogen) atoms. The molecule has 0 radical (unpaired) electrons. The third-order valence-corrected chi connectivity index (χ3v) is 8.66. The number of rotatable bonds is 8. The van der Waals surface area contributed by atoms with E-state index in [2.05, 4.69) is 43.4 Å². The molecule has 0 spiro atoms. The lowest BCUT2D eigenvalue weighted by molar-refractivity contribution is -0.172. The molecule has 0 heterocycles. The Morgan fingerprint density at radius 1 is 1.07 bits per heavy atom. The Balaban J connectivity index is 2.23. The van der Waals surface area contributed by atoms with Crippen LogP contribution < -0.4 is 5.19 Å². The fraction of sp³-hybridized carbons (Fsp3) is 0.391. The molecule has 1 aliphatic carbocycles. The average molecular weight is 399 g/mol. The number of carbonyl (C=O) groups excluding carboxylic acids is 2. The van der Waals surface area contributed by atoms with E-state index < -0.39 is 25.4 Å². The van der Waals surface area contributed by atoms with E-state index in [9.17, 15) is 9.59 Å². The zero-order chi connectivity index (χ0) is 20.6. The van der Waals surface area contributed by atoms with Crippen LogP contribution in [0.1, 0.15) is 12.8 Å². The van der Waals surface area contributed by atoms with Crippen molar-refractivity contribution in [1.82, 2.24) is 0 Å². The molecule has 0 saturated carbocycles. The van der Waals surface area contributed by atoms with Crippen molar-refractivity contribution in [2.75, 3.05) is 14.2 Å². The molecular weight excluding hydrogens is 368 g/mol. The number of allylic oxidation sites excluding steroid dienone is 6. The fourth-order valence-electron chi connectivity index (χ4n) is 3.67. The molecule has 1 aromatic carbocycles. The van der Waals surface area contributed by atoms with Crippen molar-refractivity contribution in [3.05, 3.63) is 66.8 Å². The van der Waals surface area contributed by atoms with Crippen molar-refractivity contribution in [1.29, 1.82) is 0 Å². The number of methoxy groups -OCH3 is 2. The van der Waals surface area contributed by atoms with Gasteiger partial charge in [0, 0.05) is 5.92 Å². The van der Waals surface area contributed by atoms with Gasteiger partial charge in [0.1, 0.15) is 0 Å². The molecule has 0 amide bonds. The number of hydrogen-bond donors (Lipinski definition) is 0. The zero-order valence-corrected chi connectivity index (χ0v) is 18.2. The summed E-state index contributed by atoms with van der Waals surface area (Å²) in [6.45, 7) is 4.63. The van der Waals surface area contributed by atoms with Crippen molar-refractivity contribution < 1.29 is 19.1 Å². The standard InChI is InChI=1S/C23H30O4Si/c1-26-21(24)23(22(25)27-2,19-13-7-5-8-14-19)17-11-12-18-28(3,4)20-15-9-6-10-16-20/h5-13,15-16,19H,14,17-18H2,1-4H3/b12-11-. The second kappa shape index (κ2) is 9.69. The molecule has 4 nitrogen and oxygen atoms in total. The lowest BCUT2D eigenvalue weighted by Gasteiger charge is -2.33. The highest BCUT2D eigenvalue weighted by molar-refractivity contribution is 6.90. The van der Waals surface area contributed by atoms with Crippen LogP contribution in [-0.2, 0) is 19.1 Å². The van der Waals surface area contributed by atoms with E-state index in [-0.39, 0.29) is 12.3 Å². The van der Waals surface area contributed by atoms with E-state index in [1.807, 2.05) is 36.4 Å². The molecule has 1 atom stereocenters. The molecule has 5 heteroatoms. The smallest absolute Gasteiger partial charge is 0.324 e. The molecule has 0 aliphatic heterocycles. The average Bonchev–Trinajstić information content (AvgIpc) is 2.74. The van der Waals surface area contributed by atoms with Gasteiger partial charge in [-0.15, -0.1) is 0 Å². The maximum absolute atomic E-state index is 12.7. The highest BCUT2D eigenvalue weighted by atomic mass is 28.3. The highest BCUT2D eigenvalue weighted by Crippen LogP contribution is 2.40. The molecular formula is C23H30O4Si. The molecule has 2 rings (SSSR count). The van der Waals surface area contributed by atoms with Crippen molar-refractivity contribution in [3.63, 3.8) is 0 Å². The molecule has 0 saturated heterocycles. The van der Waals surface area contributed by atoms with Gasteiger partial charge in [0.15, 0.2) is 5.41 Å². The summed E-state index contributed by atoms with van der Waals surface area (Å²) >= 11 is 0. The maximum atomic E-state index is 12.7. The Bertz CT molecular complexity index is 746. The number of hydrogen-bond acceptors (Lipinski definition) is 4. The minimum atomic E-state index is -1.63. The molecule has 0 bridgehead atoms. The van der Waals surface area contributed by atoms with E-state index in [1.54, 1.807) is 0 Å².